The van der Waals surface area contributed by atoms with Gasteiger partial charge >= 0.3 is 35.8 Å². The van der Waals surface area contributed by atoms with Gasteiger partial charge in [0.25, 0.3) is 10.1 Å². The number of rotatable bonds is 28. The first-order valence-corrected chi connectivity index (χ1v) is 22.7. The maximum atomic E-state index is 15.7. The third-order valence-corrected chi connectivity index (χ3v) is 13.5. The molecule has 0 heterocycles. The second-order valence-electron chi connectivity index (χ2n) is 15.4. The normalized spacial score (nSPS) is 23.9. The van der Waals surface area contributed by atoms with Crippen LogP contribution >= 0.6 is 11.8 Å². The van der Waals surface area contributed by atoms with E-state index in [1.165, 1.54) is 31.9 Å². The number of hydrogen-bond donors (Lipinski definition) is 1. The molecule has 364 valence electrons. The highest BCUT2D eigenvalue weighted by Crippen LogP contribution is 2.63. The van der Waals surface area contributed by atoms with Crippen molar-refractivity contribution in [2.75, 3.05) is 71.5 Å². The molecule has 0 radical (unpaired) electrons. The average Bonchev–Trinajstić information content (AvgIpc) is 3.81. The van der Waals surface area contributed by atoms with Crippen LogP contribution in [-0.2, 0) is 40.2 Å². The molecule has 0 bridgehead atoms. The van der Waals surface area contributed by atoms with Crippen molar-refractivity contribution in [3.8, 4) is 0 Å². The summed E-state index contributed by atoms with van der Waals surface area (Å²) < 4.78 is 243. The highest BCUT2D eigenvalue weighted by molar-refractivity contribution is 8.00. The first-order chi connectivity index (χ1) is 29.2. The first-order valence-electron chi connectivity index (χ1n) is 20.0. The van der Waals surface area contributed by atoms with Crippen LogP contribution in [0.3, 0.4) is 0 Å². The number of ether oxygens (including phenoxy) is 5. The Kier molecular flexibility index (Phi) is 20.5. The second kappa shape index (κ2) is 23.4. The monoisotopic (exact) mass is 972 g/mol. The predicted molar refractivity (Wildman–Crippen MR) is 207 cm³/mol. The maximum absolute atomic E-state index is 15.7. The predicted octanol–water partition coefficient (Wildman–Crippen LogP) is 10.0. The largest absolute Gasteiger partial charge is 0.502 e. The van der Waals surface area contributed by atoms with E-state index >= 15 is 17.6 Å². The third kappa shape index (κ3) is 14.3. The van der Waals surface area contributed by atoms with Crippen molar-refractivity contribution in [1.82, 2.24) is 0 Å². The van der Waals surface area contributed by atoms with Gasteiger partial charge in [0, 0.05) is 24.0 Å². The van der Waals surface area contributed by atoms with E-state index in [0.717, 1.165) is 17.9 Å². The second-order valence-corrected chi connectivity index (χ2v) is 18.3. The summed E-state index contributed by atoms with van der Waals surface area (Å²) in [6, 6.07) is 9.18. The highest BCUT2D eigenvalue weighted by Gasteiger charge is 2.91. The summed E-state index contributed by atoms with van der Waals surface area (Å²) in [4.78, 5) is 0. The molecule has 1 N–H and O–H groups in total. The molecule has 2 fully saturated rings. The van der Waals surface area contributed by atoms with Crippen LogP contribution in [0.25, 0.3) is 0 Å². The lowest BCUT2D eigenvalue weighted by atomic mass is 9.82. The molecule has 2 saturated carbocycles. The zero-order valence-electron chi connectivity index (χ0n) is 34.4. The van der Waals surface area contributed by atoms with Gasteiger partial charge < -0.3 is 23.7 Å². The molecule has 2 aliphatic rings. The van der Waals surface area contributed by atoms with E-state index in [2.05, 4.69) is 0 Å². The summed E-state index contributed by atoms with van der Waals surface area (Å²) in [6.07, 6.45) is -3.17. The molecule has 3 rings (SSSR count). The fourth-order valence-electron chi connectivity index (χ4n) is 7.73. The van der Waals surface area contributed by atoms with Gasteiger partial charge in [0.05, 0.1) is 64.9 Å². The van der Waals surface area contributed by atoms with Crippen LogP contribution in [0, 0.1) is 35.5 Å². The zero-order valence-corrected chi connectivity index (χ0v) is 36.0. The van der Waals surface area contributed by atoms with Gasteiger partial charge in [-0.1, -0.05) is 42.5 Å². The number of methoxy groups -OCH3 is 1. The lowest BCUT2D eigenvalue weighted by molar-refractivity contribution is -0.443. The fraction of sp³-hybridized carbons (Fsp3) is 0.750. The Hall–Kier alpha value is -2.31. The van der Waals surface area contributed by atoms with Crippen LogP contribution in [0.15, 0.2) is 54.8 Å². The Morgan fingerprint density at radius 2 is 1.32 bits per heavy atom. The van der Waals surface area contributed by atoms with Crippen molar-refractivity contribution < 1.29 is 93.7 Å². The molecule has 0 amide bonds. The standard InChI is InChI=1S/C40H53F13O8S2/c1-3-58-12-11-30-21-28(22-33(30)35(41,42)36(43,44)37(45,46)38(47,48)39(49,50)40(51,52)53)9-10-29-24-31(25-32(29)26-61-18-17-60-16-15-59-14-13-57-2)34(62-19-20-63(54,55)56)23-27-7-5-4-6-8-27/h4-12,28-34H,3,13-26H2,1-2H3,(H,54,55,56)/b10-9+,12-11-. The van der Waals surface area contributed by atoms with Crippen molar-refractivity contribution in [2.24, 2.45) is 35.5 Å². The van der Waals surface area contributed by atoms with Crippen molar-refractivity contribution in [1.29, 1.82) is 0 Å². The van der Waals surface area contributed by atoms with Crippen molar-refractivity contribution in [2.45, 2.75) is 80.1 Å². The van der Waals surface area contributed by atoms with Gasteiger partial charge in [-0.2, -0.15) is 77.3 Å². The van der Waals surface area contributed by atoms with Crippen LogP contribution in [0.1, 0.15) is 38.2 Å². The molecular formula is C40H53F13O8S2. The van der Waals surface area contributed by atoms with Gasteiger partial charge in [0.2, 0.25) is 0 Å². The molecule has 23 heteroatoms. The molecule has 8 nitrogen and oxygen atoms in total. The number of alkyl halides is 13. The fourth-order valence-corrected chi connectivity index (χ4v) is 10.1. The summed E-state index contributed by atoms with van der Waals surface area (Å²) >= 11 is 1.31. The van der Waals surface area contributed by atoms with Crippen LogP contribution in [-0.4, -0.2) is 125 Å². The zero-order chi connectivity index (χ0) is 47.3. The Morgan fingerprint density at radius 1 is 0.730 bits per heavy atom. The van der Waals surface area contributed by atoms with E-state index in [1.807, 2.05) is 24.3 Å². The Labute approximate surface area is 362 Å². The number of allylic oxidation sites excluding steroid dienone is 3. The van der Waals surface area contributed by atoms with Crippen molar-refractivity contribution in [3.05, 3.63) is 60.4 Å². The number of benzene rings is 1. The highest BCUT2D eigenvalue weighted by atomic mass is 32.2. The summed E-state index contributed by atoms with van der Waals surface area (Å²) in [5.41, 5.74) is 0.920. The molecule has 2 aliphatic carbocycles. The molecule has 0 aromatic heterocycles. The van der Waals surface area contributed by atoms with Gasteiger partial charge in [-0.05, 0) is 80.3 Å². The lowest BCUT2D eigenvalue weighted by Gasteiger charge is -2.42. The van der Waals surface area contributed by atoms with Crippen LogP contribution in [0.5, 0.6) is 0 Å². The molecule has 0 saturated heterocycles. The van der Waals surface area contributed by atoms with E-state index in [9.17, 15) is 52.5 Å². The van der Waals surface area contributed by atoms with Gasteiger partial charge in [-0.25, -0.2) is 0 Å². The average molecular weight is 973 g/mol. The van der Waals surface area contributed by atoms with Gasteiger partial charge in [-0.15, -0.1) is 0 Å². The van der Waals surface area contributed by atoms with E-state index < -0.39 is 88.2 Å². The molecule has 0 aliphatic heterocycles. The molecule has 0 spiro atoms. The number of hydrogen-bond acceptors (Lipinski definition) is 8. The number of halogens is 13. The molecule has 1 aromatic rings. The quantitative estimate of drug-likeness (QED) is 0.0289. The third-order valence-electron chi connectivity index (χ3n) is 11.1. The summed E-state index contributed by atoms with van der Waals surface area (Å²) in [6.45, 7) is 3.16. The van der Waals surface area contributed by atoms with Crippen molar-refractivity contribution >= 4 is 21.9 Å². The Balaban J connectivity index is 1.90. The minimum Gasteiger partial charge on any atom is -0.502 e. The first kappa shape index (κ1) is 55.0. The Morgan fingerprint density at radius 3 is 1.89 bits per heavy atom. The Bertz CT molecular complexity index is 1680. The molecule has 1 aromatic carbocycles. The van der Waals surface area contributed by atoms with Gasteiger partial charge in [0.15, 0.2) is 0 Å². The summed E-state index contributed by atoms with van der Waals surface area (Å²) in [5, 5.41) is -0.217. The molecular weight excluding hydrogens is 920 g/mol. The van der Waals surface area contributed by atoms with Gasteiger partial charge in [0.1, 0.15) is 0 Å². The SMILES string of the molecule is CCO/C=C\C1CC(/C=C/C2CC(C(Cc3ccccc3)SCCS(=O)(=O)O)CC2COCCOCCOCCOC)CC1C(F)(F)C(F)(F)C(F)(F)C(F)(F)C(F)(F)C(F)(F)F. The summed E-state index contributed by atoms with van der Waals surface area (Å²) in [7, 11) is -2.77. The molecule has 7 unspecified atom stereocenters. The van der Waals surface area contributed by atoms with E-state index in [1.54, 1.807) is 12.1 Å². The molecule has 7 atom stereocenters. The van der Waals surface area contributed by atoms with Crippen LogP contribution in [0.2, 0.25) is 0 Å². The van der Waals surface area contributed by atoms with Gasteiger partial charge in [-0.3, -0.25) is 4.55 Å². The lowest BCUT2D eigenvalue weighted by Crippen LogP contribution is -2.71. The minimum atomic E-state index is -8.00. The summed E-state index contributed by atoms with van der Waals surface area (Å²) in [5.74, 6) is -44.6. The minimum absolute atomic E-state index is 0.0405. The van der Waals surface area contributed by atoms with Crippen LogP contribution < -0.4 is 0 Å². The molecule has 63 heavy (non-hydrogen) atoms. The van der Waals surface area contributed by atoms with Crippen molar-refractivity contribution in [3.63, 3.8) is 0 Å². The van der Waals surface area contributed by atoms with Crippen LogP contribution in [0.4, 0.5) is 57.1 Å². The smallest absolute Gasteiger partial charge is 0.460 e. The maximum Gasteiger partial charge on any atom is 0.460 e. The van der Waals surface area contributed by atoms with E-state index in [0.29, 0.717) is 39.1 Å². The van der Waals surface area contributed by atoms with E-state index in [-0.39, 0.29) is 55.9 Å². The number of thioether (sulfide) groups is 1. The van der Waals surface area contributed by atoms with E-state index in [4.69, 9.17) is 23.7 Å². The topological polar surface area (TPSA) is 101 Å².